The summed E-state index contributed by atoms with van der Waals surface area (Å²) in [5, 5.41) is 0. The van der Waals surface area contributed by atoms with Crippen molar-refractivity contribution < 1.29 is 33.3 Å². The number of ether oxygens (including phenoxy) is 5. The van der Waals surface area contributed by atoms with Crippen molar-refractivity contribution in [2.45, 2.75) is 220 Å². The SMILES string of the molecule is CCCCCCCCCCCCC(CCOC(=O)CCCCCCC(OCC(CCC)CCC)OCC(CCC)CCC)OC(=O)OCCCN(C)C. The van der Waals surface area contributed by atoms with Gasteiger partial charge in [0.15, 0.2) is 6.29 Å². The Balaban J connectivity index is 4.60. The first-order valence-corrected chi connectivity index (χ1v) is 22.7. The molecule has 0 rings (SSSR count). The first-order valence-electron chi connectivity index (χ1n) is 22.7. The first-order chi connectivity index (χ1) is 25.8. The molecular weight excluding hydrogens is 666 g/mol. The van der Waals surface area contributed by atoms with Crippen LogP contribution in [0.25, 0.3) is 0 Å². The van der Waals surface area contributed by atoms with E-state index in [9.17, 15) is 9.59 Å². The fourth-order valence-electron chi connectivity index (χ4n) is 7.09. The number of unbranched alkanes of at least 4 members (excludes halogenated alkanes) is 12. The molecule has 0 saturated carbocycles. The van der Waals surface area contributed by atoms with Crippen LogP contribution in [0.2, 0.25) is 0 Å². The number of carbonyl (C=O) groups excluding carboxylic acids is 2. The highest BCUT2D eigenvalue weighted by atomic mass is 16.7. The van der Waals surface area contributed by atoms with Gasteiger partial charge in [0.2, 0.25) is 0 Å². The van der Waals surface area contributed by atoms with Crippen molar-refractivity contribution in [2.75, 3.05) is 47.1 Å². The Bertz CT molecular complexity index is 763. The molecule has 0 spiro atoms. The summed E-state index contributed by atoms with van der Waals surface area (Å²) in [6.45, 7) is 14.3. The largest absolute Gasteiger partial charge is 0.508 e. The van der Waals surface area contributed by atoms with E-state index >= 15 is 0 Å². The molecule has 0 aliphatic rings. The van der Waals surface area contributed by atoms with Crippen LogP contribution in [-0.2, 0) is 28.5 Å². The minimum absolute atomic E-state index is 0.141. The Morgan fingerprint density at radius 2 is 0.981 bits per heavy atom. The molecule has 1 atom stereocenters. The van der Waals surface area contributed by atoms with Crippen molar-refractivity contribution in [3.8, 4) is 0 Å². The summed E-state index contributed by atoms with van der Waals surface area (Å²) in [7, 11) is 4.00. The molecule has 316 valence electrons. The van der Waals surface area contributed by atoms with Crippen LogP contribution in [0.4, 0.5) is 4.79 Å². The Morgan fingerprint density at radius 1 is 0.491 bits per heavy atom. The van der Waals surface area contributed by atoms with E-state index in [0.717, 1.165) is 77.5 Å². The van der Waals surface area contributed by atoms with E-state index in [0.29, 0.717) is 31.3 Å². The van der Waals surface area contributed by atoms with Gasteiger partial charge in [-0.1, -0.05) is 131 Å². The third-order valence-corrected chi connectivity index (χ3v) is 10.2. The summed E-state index contributed by atoms with van der Waals surface area (Å²) in [4.78, 5) is 27.0. The van der Waals surface area contributed by atoms with E-state index in [2.05, 4.69) is 39.5 Å². The minimum atomic E-state index is -0.617. The normalized spacial score (nSPS) is 12.4. The predicted molar refractivity (Wildman–Crippen MR) is 221 cm³/mol. The van der Waals surface area contributed by atoms with Gasteiger partial charge in [-0.3, -0.25) is 4.79 Å². The molecule has 8 nitrogen and oxygen atoms in total. The van der Waals surface area contributed by atoms with Gasteiger partial charge >= 0.3 is 12.1 Å². The quantitative estimate of drug-likeness (QED) is 0.0347. The van der Waals surface area contributed by atoms with Gasteiger partial charge in [-0.25, -0.2) is 4.79 Å². The molecule has 0 fully saturated rings. The molecule has 0 bridgehead atoms. The van der Waals surface area contributed by atoms with E-state index < -0.39 is 6.16 Å². The highest BCUT2D eigenvalue weighted by molar-refractivity contribution is 5.69. The zero-order valence-electron chi connectivity index (χ0n) is 36.2. The van der Waals surface area contributed by atoms with E-state index in [1.165, 1.54) is 103 Å². The number of hydrogen-bond donors (Lipinski definition) is 0. The Labute approximate surface area is 328 Å². The molecular formula is C45H89NO7. The highest BCUT2D eigenvalue weighted by Gasteiger charge is 2.18. The van der Waals surface area contributed by atoms with Gasteiger partial charge < -0.3 is 28.6 Å². The highest BCUT2D eigenvalue weighted by Crippen LogP contribution is 2.21. The lowest BCUT2D eigenvalue weighted by Gasteiger charge is -2.25. The van der Waals surface area contributed by atoms with Crippen LogP contribution in [0.15, 0.2) is 0 Å². The van der Waals surface area contributed by atoms with E-state index in [1.54, 1.807) is 0 Å². The second-order valence-electron chi connectivity index (χ2n) is 15.9. The van der Waals surface area contributed by atoms with Crippen LogP contribution in [0.3, 0.4) is 0 Å². The van der Waals surface area contributed by atoms with Gasteiger partial charge in [0.1, 0.15) is 6.10 Å². The van der Waals surface area contributed by atoms with Crippen molar-refractivity contribution in [1.29, 1.82) is 0 Å². The third kappa shape index (κ3) is 34.8. The second-order valence-corrected chi connectivity index (χ2v) is 15.9. The molecule has 0 saturated heterocycles. The standard InChI is InChI=1S/C45H89NO7/c1-8-13-14-15-16-17-18-19-20-23-31-42(53-45(48)50-36-26-35-46(6)7)34-37-49-43(47)32-24-21-22-25-33-44(51-38-40(27-9-2)28-10-3)52-39-41(29-11-4)30-12-5/h40-42,44H,8-39H2,1-7H3. The summed E-state index contributed by atoms with van der Waals surface area (Å²) in [6.07, 6.45) is 28.4. The monoisotopic (exact) mass is 756 g/mol. The fourth-order valence-corrected chi connectivity index (χ4v) is 7.09. The zero-order valence-corrected chi connectivity index (χ0v) is 36.2. The van der Waals surface area contributed by atoms with E-state index in [-0.39, 0.29) is 25.0 Å². The average molecular weight is 756 g/mol. The van der Waals surface area contributed by atoms with Gasteiger partial charge in [-0.15, -0.1) is 0 Å². The zero-order chi connectivity index (χ0) is 39.2. The van der Waals surface area contributed by atoms with Crippen LogP contribution >= 0.6 is 0 Å². The maximum atomic E-state index is 12.6. The van der Waals surface area contributed by atoms with Crippen molar-refractivity contribution in [1.82, 2.24) is 4.90 Å². The summed E-state index contributed by atoms with van der Waals surface area (Å²) in [5.41, 5.74) is 0. The Kier molecular flexibility index (Phi) is 37.9. The van der Waals surface area contributed by atoms with Crippen molar-refractivity contribution in [3.05, 3.63) is 0 Å². The molecule has 0 aliphatic carbocycles. The number of hydrogen-bond acceptors (Lipinski definition) is 8. The van der Waals surface area contributed by atoms with E-state index in [4.69, 9.17) is 23.7 Å². The van der Waals surface area contributed by atoms with Crippen LogP contribution in [0.5, 0.6) is 0 Å². The molecule has 53 heavy (non-hydrogen) atoms. The number of esters is 1. The lowest BCUT2D eigenvalue weighted by Crippen LogP contribution is -2.24. The summed E-state index contributed by atoms with van der Waals surface area (Å²) in [6, 6.07) is 0. The van der Waals surface area contributed by atoms with Crippen molar-refractivity contribution in [3.63, 3.8) is 0 Å². The number of rotatable bonds is 40. The van der Waals surface area contributed by atoms with Crippen molar-refractivity contribution in [2.24, 2.45) is 11.8 Å². The first kappa shape index (κ1) is 51.6. The predicted octanol–water partition coefficient (Wildman–Crippen LogP) is 12.8. The Hall–Kier alpha value is -1.38. The summed E-state index contributed by atoms with van der Waals surface area (Å²) < 4.78 is 29.4. The van der Waals surface area contributed by atoms with Gasteiger partial charge in [0.05, 0.1) is 26.4 Å². The lowest BCUT2D eigenvalue weighted by molar-refractivity contribution is -0.162. The van der Waals surface area contributed by atoms with E-state index in [1.807, 2.05) is 14.1 Å². The summed E-state index contributed by atoms with van der Waals surface area (Å²) in [5.74, 6) is 1.05. The third-order valence-electron chi connectivity index (χ3n) is 10.2. The maximum absolute atomic E-state index is 12.6. The second kappa shape index (κ2) is 38.9. The molecule has 0 N–H and O–H groups in total. The van der Waals surface area contributed by atoms with Crippen LogP contribution < -0.4 is 0 Å². The van der Waals surface area contributed by atoms with Crippen molar-refractivity contribution >= 4 is 12.1 Å². The molecule has 0 aliphatic heterocycles. The maximum Gasteiger partial charge on any atom is 0.508 e. The topological polar surface area (TPSA) is 83.5 Å². The molecule has 8 heteroatoms. The average Bonchev–Trinajstić information content (AvgIpc) is 3.13. The number of nitrogens with zero attached hydrogens (tertiary/aromatic N) is 1. The smallest absolute Gasteiger partial charge is 0.466 e. The molecule has 0 aromatic rings. The lowest BCUT2D eigenvalue weighted by atomic mass is 9.99. The van der Waals surface area contributed by atoms with Gasteiger partial charge in [0, 0.05) is 19.4 Å². The molecule has 1 unspecified atom stereocenters. The fraction of sp³-hybridized carbons (Fsp3) is 0.956. The molecule has 0 aromatic heterocycles. The van der Waals surface area contributed by atoms with Crippen LogP contribution in [0, 0.1) is 11.8 Å². The molecule has 0 aromatic carbocycles. The van der Waals surface area contributed by atoms with Crippen LogP contribution in [0.1, 0.15) is 208 Å². The van der Waals surface area contributed by atoms with Crippen LogP contribution in [-0.4, -0.2) is 76.5 Å². The molecule has 0 heterocycles. The van der Waals surface area contributed by atoms with Gasteiger partial charge in [0.25, 0.3) is 0 Å². The summed E-state index contributed by atoms with van der Waals surface area (Å²) >= 11 is 0. The molecule has 0 amide bonds. The molecule has 0 radical (unpaired) electrons. The minimum Gasteiger partial charge on any atom is -0.466 e. The number of carbonyl (C=O) groups is 2. The van der Waals surface area contributed by atoms with Gasteiger partial charge in [-0.2, -0.15) is 0 Å². The van der Waals surface area contributed by atoms with Gasteiger partial charge in [-0.05, 0) is 90.1 Å². The Morgan fingerprint density at radius 3 is 1.49 bits per heavy atom.